The van der Waals surface area contributed by atoms with E-state index in [1.54, 1.807) is 0 Å². The first-order valence-corrected chi connectivity index (χ1v) is 6.98. The minimum Gasteiger partial charge on any atom is -0.335 e. The average molecular weight is 233 g/mol. The maximum Gasteiger partial charge on any atom is 0.110 e. The van der Waals surface area contributed by atoms with Crippen LogP contribution in [0.2, 0.25) is 0 Å². The van der Waals surface area contributed by atoms with E-state index >= 15 is 0 Å². The molecule has 2 aliphatic carbocycles. The summed E-state index contributed by atoms with van der Waals surface area (Å²) in [4.78, 5) is 4.44. The van der Waals surface area contributed by atoms with Crippen molar-refractivity contribution in [2.45, 2.75) is 51.6 Å². The van der Waals surface area contributed by atoms with Crippen LogP contribution in [0.1, 0.15) is 38.4 Å². The van der Waals surface area contributed by atoms with Crippen molar-refractivity contribution in [3.63, 3.8) is 0 Å². The number of nitrogens with zero attached hydrogens (tertiary/aromatic N) is 2. The van der Waals surface area contributed by atoms with Gasteiger partial charge in [-0.05, 0) is 43.9 Å². The molecule has 0 radical (unpaired) electrons. The lowest BCUT2D eigenvalue weighted by molar-refractivity contribution is 0.292. The van der Waals surface area contributed by atoms with Crippen molar-refractivity contribution in [2.75, 3.05) is 0 Å². The molecular weight excluding hydrogens is 210 g/mol. The maximum atomic E-state index is 5.87. The summed E-state index contributed by atoms with van der Waals surface area (Å²) in [5.74, 6) is 4.09. The Kier molecular flexibility index (Phi) is 2.95. The van der Waals surface area contributed by atoms with E-state index in [0.29, 0.717) is 0 Å². The molecule has 0 aromatic carbocycles. The second-order valence-corrected chi connectivity index (χ2v) is 6.11. The second kappa shape index (κ2) is 4.45. The highest BCUT2D eigenvalue weighted by Gasteiger charge is 2.39. The van der Waals surface area contributed by atoms with Gasteiger partial charge in [0, 0.05) is 31.4 Å². The molecule has 0 aliphatic heterocycles. The van der Waals surface area contributed by atoms with Crippen molar-refractivity contribution < 1.29 is 0 Å². The third kappa shape index (κ3) is 2.25. The number of imidazole rings is 1. The normalized spacial score (nSPS) is 33.2. The molecule has 2 bridgehead atoms. The van der Waals surface area contributed by atoms with Crippen LogP contribution in [-0.2, 0) is 13.0 Å². The molecule has 1 aromatic heterocycles. The van der Waals surface area contributed by atoms with Gasteiger partial charge >= 0.3 is 0 Å². The first-order valence-electron chi connectivity index (χ1n) is 6.98. The van der Waals surface area contributed by atoms with Gasteiger partial charge in [0.05, 0.1) is 0 Å². The minimum atomic E-state index is 0.205. The molecule has 4 atom stereocenters. The third-order valence-electron chi connectivity index (χ3n) is 4.62. The molecule has 2 fully saturated rings. The molecule has 1 heterocycles. The van der Waals surface area contributed by atoms with Crippen molar-refractivity contribution in [1.82, 2.24) is 9.55 Å². The van der Waals surface area contributed by atoms with E-state index < -0.39 is 0 Å². The molecule has 2 saturated carbocycles. The number of hydrogen-bond donors (Lipinski definition) is 1. The van der Waals surface area contributed by atoms with Gasteiger partial charge in [0.2, 0.25) is 0 Å². The Balaban J connectivity index is 1.67. The minimum absolute atomic E-state index is 0.205. The highest BCUT2D eigenvalue weighted by molar-refractivity contribution is 4.97. The van der Waals surface area contributed by atoms with Crippen LogP contribution in [0.3, 0.4) is 0 Å². The highest BCUT2D eigenvalue weighted by Crippen LogP contribution is 2.48. The summed E-state index contributed by atoms with van der Waals surface area (Å²) in [6, 6.07) is 0.205. The Morgan fingerprint density at radius 2 is 2.35 bits per heavy atom. The summed E-state index contributed by atoms with van der Waals surface area (Å²) in [7, 11) is 0. The van der Waals surface area contributed by atoms with E-state index in [2.05, 4.69) is 22.7 Å². The van der Waals surface area contributed by atoms with Crippen molar-refractivity contribution in [3.05, 3.63) is 18.2 Å². The Morgan fingerprint density at radius 1 is 1.47 bits per heavy atom. The summed E-state index contributed by atoms with van der Waals surface area (Å²) < 4.78 is 2.34. The number of aromatic nitrogens is 2. The van der Waals surface area contributed by atoms with Gasteiger partial charge < -0.3 is 10.3 Å². The number of nitrogens with two attached hydrogens (primary N) is 1. The molecule has 2 N–H and O–H groups in total. The van der Waals surface area contributed by atoms with E-state index in [1.807, 2.05) is 6.20 Å². The van der Waals surface area contributed by atoms with Crippen LogP contribution in [0.15, 0.2) is 12.4 Å². The van der Waals surface area contributed by atoms with Gasteiger partial charge in [-0.25, -0.2) is 4.98 Å². The van der Waals surface area contributed by atoms with E-state index in [9.17, 15) is 0 Å². The van der Waals surface area contributed by atoms with Crippen molar-refractivity contribution >= 4 is 0 Å². The van der Waals surface area contributed by atoms with E-state index in [4.69, 9.17) is 5.73 Å². The maximum absolute atomic E-state index is 5.87. The molecule has 0 saturated heterocycles. The highest BCUT2D eigenvalue weighted by atomic mass is 15.1. The standard InChI is InChI=1S/C14H23N3/c1-10(15)6-14-16-4-5-17(14)9-13-8-11-2-3-12(13)7-11/h4-5,10-13H,2-3,6-9,15H2,1H3. The van der Waals surface area contributed by atoms with Crippen LogP contribution in [0.4, 0.5) is 0 Å². The molecule has 2 aliphatic rings. The number of rotatable bonds is 4. The first kappa shape index (κ1) is 11.3. The Labute approximate surface area is 103 Å². The van der Waals surface area contributed by atoms with Crippen LogP contribution in [0.5, 0.6) is 0 Å². The van der Waals surface area contributed by atoms with Crippen LogP contribution in [0.25, 0.3) is 0 Å². The molecule has 3 nitrogen and oxygen atoms in total. The molecule has 0 amide bonds. The summed E-state index contributed by atoms with van der Waals surface area (Å²) >= 11 is 0. The molecule has 4 unspecified atom stereocenters. The van der Waals surface area contributed by atoms with Gasteiger partial charge in [-0.15, -0.1) is 0 Å². The van der Waals surface area contributed by atoms with Gasteiger partial charge in [0.25, 0.3) is 0 Å². The monoisotopic (exact) mass is 233 g/mol. The molecule has 94 valence electrons. The fourth-order valence-electron chi connectivity index (χ4n) is 3.84. The van der Waals surface area contributed by atoms with E-state index in [0.717, 1.165) is 24.2 Å². The van der Waals surface area contributed by atoms with Crippen LogP contribution >= 0.6 is 0 Å². The lowest BCUT2D eigenvalue weighted by atomic mass is 9.89. The lowest BCUT2D eigenvalue weighted by Crippen LogP contribution is -2.23. The topological polar surface area (TPSA) is 43.8 Å². The fraction of sp³-hybridized carbons (Fsp3) is 0.786. The lowest BCUT2D eigenvalue weighted by Gasteiger charge is -2.23. The summed E-state index contributed by atoms with van der Waals surface area (Å²) in [6.45, 7) is 3.22. The Bertz CT molecular complexity index is 383. The first-order chi connectivity index (χ1) is 8.22. The smallest absolute Gasteiger partial charge is 0.110 e. The average Bonchev–Trinajstić information content (AvgIpc) is 2.95. The SMILES string of the molecule is CC(N)Cc1nccn1CC1CC2CCC1C2. The van der Waals surface area contributed by atoms with Crippen LogP contribution in [-0.4, -0.2) is 15.6 Å². The van der Waals surface area contributed by atoms with Gasteiger partial charge in [0.15, 0.2) is 0 Å². The van der Waals surface area contributed by atoms with E-state index in [1.165, 1.54) is 38.1 Å². The van der Waals surface area contributed by atoms with Crippen molar-refractivity contribution in [2.24, 2.45) is 23.5 Å². The third-order valence-corrected chi connectivity index (χ3v) is 4.62. The summed E-state index contributed by atoms with van der Waals surface area (Å²) in [6.07, 6.45) is 10.8. The van der Waals surface area contributed by atoms with Gasteiger partial charge in [-0.1, -0.05) is 6.42 Å². The molecule has 3 rings (SSSR count). The molecule has 3 heteroatoms. The van der Waals surface area contributed by atoms with Crippen LogP contribution in [0, 0.1) is 17.8 Å². The van der Waals surface area contributed by atoms with Crippen LogP contribution < -0.4 is 5.73 Å². The zero-order valence-corrected chi connectivity index (χ0v) is 10.7. The predicted octanol–water partition coefficient (Wildman–Crippen LogP) is 2.21. The number of fused-ring (bicyclic) bond motifs is 2. The van der Waals surface area contributed by atoms with Crippen molar-refractivity contribution in [1.29, 1.82) is 0 Å². The Hall–Kier alpha value is -0.830. The fourth-order valence-corrected chi connectivity index (χ4v) is 3.84. The Morgan fingerprint density at radius 3 is 3.00 bits per heavy atom. The van der Waals surface area contributed by atoms with Gasteiger partial charge in [0.1, 0.15) is 5.82 Å². The molecule has 0 spiro atoms. The number of hydrogen-bond acceptors (Lipinski definition) is 2. The molecule has 1 aromatic rings. The summed E-state index contributed by atoms with van der Waals surface area (Å²) in [5.41, 5.74) is 5.87. The largest absolute Gasteiger partial charge is 0.335 e. The predicted molar refractivity (Wildman–Crippen MR) is 68.5 cm³/mol. The zero-order chi connectivity index (χ0) is 11.8. The van der Waals surface area contributed by atoms with Gasteiger partial charge in [-0.2, -0.15) is 0 Å². The zero-order valence-electron chi connectivity index (χ0n) is 10.7. The molecule has 17 heavy (non-hydrogen) atoms. The second-order valence-electron chi connectivity index (χ2n) is 6.11. The van der Waals surface area contributed by atoms with Gasteiger partial charge in [-0.3, -0.25) is 0 Å². The van der Waals surface area contributed by atoms with E-state index in [-0.39, 0.29) is 6.04 Å². The van der Waals surface area contributed by atoms with Crippen molar-refractivity contribution in [3.8, 4) is 0 Å². The quantitative estimate of drug-likeness (QED) is 0.866. The molecular formula is C14H23N3. The summed E-state index contributed by atoms with van der Waals surface area (Å²) in [5, 5.41) is 0.